The molecule has 0 amide bonds. The molecule has 0 unspecified atom stereocenters. The topological polar surface area (TPSA) is 90.7 Å². The number of benzene rings is 1. The molecule has 6 heteroatoms. The monoisotopic (exact) mass is 309 g/mol. The highest BCUT2D eigenvalue weighted by Gasteiger charge is 2.27. The van der Waals surface area contributed by atoms with Gasteiger partial charge in [-0.1, -0.05) is 11.6 Å². The zero-order valence-corrected chi connectivity index (χ0v) is 12.6. The fraction of sp³-hybridized carbons (Fsp3) is 0.467. The summed E-state index contributed by atoms with van der Waals surface area (Å²) in [5, 5.41) is 0.620. The van der Waals surface area contributed by atoms with E-state index < -0.39 is 0 Å². The first-order valence-corrected chi connectivity index (χ1v) is 7.45. The number of hydrogen-bond donors (Lipinski definition) is 2. The van der Waals surface area contributed by atoms with Crippen LogP contribution in [-0.4, -0.2) is 18.5 Å². The number of carbonyl (C=O) groups excluding carboxylic acids is 1. The number of halogens is 1. The van der Waals surface area contributed by atoms with Gasteiger partial charge in [-0.2, -0.15) is 0 Å². The second kappa shape index (κ2) is 7.31. The molecule has 0 bridgehead atoms. The molecular formula is C15H20ClN3O2. The fourth-order valence-corrected chi connectivity index (χ4v) is 2.64. The molecule has 0 heterocycles. The lowest BCUT2D eigenvalue weighted by molar-refractivity contribution is -0.140. The Labute approximate surface area is 129 Å². The molecule has 1 aliphatic carbocycles. The zero-order valence-electron chi connectivity index (χ0n) is 11.8. The third kappa shape index (κ3) is 4.93. The molecule has 114 valence electrons. The lowest BCUT2D eigenvalue weighted by Gasteiger charge is -2.26. The number of nitrogens with zero attached hydrogens (tertiary/aromatic N) is 1. The molecule has 0 radical (unpaired) electrons. The lowest BCUT2D eigenvalue weighted by Crippen LogP contribution is -2.28. The highest BCUT2D eigenvalue weighted by molar-refractivity contribution is 6.30. The molecule has 1 aliphatic rings. The van der Waals surface area contributed by atoms with Crippen molar-refractivity contribution in [2.75, 3.05) is 6.54 Å². The summed E-state index contributed by atoms with van der Waals surface area (Å²) in [4.78, 5) is 16.1. The number of carbonyl (C=O) groups is 1. The van der Waals surface area contributed by atoms with Crippen molar-refractivity contribution in [1.29, 1.82) is 0 Å². The SMILES string of the molecule is NC(N)=NCC1CCC(C(=O)Oc2ccc(Cl)cc2)CC1. The molecule has 5 nitrogen and oxygen atoms in total. The van der Waals surface area contributed by atoms with Crippen LogP contribution >= 0.6 is 11.6 Å². The Morgan fingerprint density at radius 3 is 2.38 bits per heavy atom. The van der Waals surface area contributed by atoms with Gasteiger partial charge in [0.15, 0.2) is 5.96 Å². The summed E-state index contributed by atoms with van der Waals surface area (Å²) in [7, 11) is 0. The summed E-state index contributed by atoms with van der Waals surface area (Å²) in [6.07, 6.45) is 3.52. The van der Waals surface area contributed by atoms with Crippen LogP contribution in [0.1, 0.15) is 25.7 Å². The van der Waals surface area contributed by atoms with Crippen molar-refractivity contribution in [3.05, 3.63) is 29.3 Å². The Balaban J connectivity index is 1.80. The molecule has 0 spiro atoms. The van der Waals surface area contributed by atoms with Crippen LogP contribution in [0.3, 0.4) is 0 Å². The Morgan fingerprint density at radius 2 is 1.81 bits per heavy atom. The van der Waals surface area contributed by atoms with Gasteiger partial charge in [0, 0.05) is 11.6 Å². The molecule has 1 aromatic carbocycles. The molecule has 0 aromatic heterocycles. The van der Waals surface area contributed by atoms with Gasteiger partial charge in [0.05, 0.1) is 5.92 Å². The predicted octanol–water partition coefficient (Wildman–Crippen LogP) is 2.33. The second-order valence-corrected chi connectivity index (χ2v) is 5.79. The molecule has 4 N–H and O–H groups in total. The van der Waals surface area contributed by atoms with E-state index in [9.17, 15) is 4.79 Å². The largest absolute Gasteiger partial charge is 0.426 e. The number of esters is 1. The van der Waals surface area contributed by atoms with Crippen molar-refractivity contribution in [3.63, 3.8) is 0 Å². The van der Waals surface area contributed by atoms with E-state index in [0.717, 1.165) is 25.7 Å². The van der Waals surface area contributed by atoms with E-state index in [2.05, 4.69) is 4.99 Å². The van der Waals surface area contributed by atoms with Crippen molar-refractivity contribution < 1.29 is 9.53 Å². The second-order valence-electron chi connectivity index (χ2n) is 5.36. The van der Waals surface area contributed by atoms with Crippen molar-refractivity contribution >= 4 is 23.5 Å². The van der Waals surface area contributed by atoms with Crippen LogP contribution in [0.2, 0.25) is 5.02 Å². The first-order valence-electron chi connectivity index (χ1n) is 7.07. The third-order valence-electron chi connectivity index (χ3n) is 3.74. The molecule has 1 fully saturated rings. The van der Waals surface area contributed by atoms with E-state index in [1.54, 1.807) is 24.3 Å². The Morgan fingerprint density at radius 1 is 1.19 bits per heavy atom. The minimum atomic E-state index is -0.169. The Bertz CT molecular complexity index is 504. The highest BCUT2D eigenvalue weighted by atomic mass is 35.5. The Kier molecular flexibility index (Phi) is 5.44. The van der Waals surface area contributed by atoms with E-state index in [4.69, 9.17) is 27.8 Å². The highest BCUT2D eigenvalue weighted by Crippen LogP contribution is 2.30. The van der Waals surface area contributed by atoms with E-state index >= 15 is 0 Å². The molecule has 1 aromatic rings. The first kappa shape index (κ1) is 15.6. The summed E-state index contributed by atoms with van der Waals surface area (Å²) in [5.41, 5.74) is 10.7. The third-order valence-corrected chi connectivity index (χ3v) is 4.00. The number of nitrogens with two attached hydrogens (primary N) is 2. The van der Waals surface area contributed by atoms with E-state index in [-0.39, 0.29) is 17.8 Å². The smallest absolute Gasteiger partial charge is 0.314 e. The Hall–Kier alpha value is -1.75. The van der Waals surface area contributed by atoms with Gasteiger partial charge < -0.3 is 16.2 Å². The van der Waals surface area contributed by atoms with Gasteiger partial charge in [0.2, 0.25) is 0 Å². The van der Waals surface area contributed by atoms with Gasteiger partial charge in [-0.15, -0.1) is 0 Å². The fourth-order valence-electron chi connectivity index (χ4n) is 2.52. The number of ether oxygens (including phenoxy) is 1. The number of guanidine groups is 1. The van der Waals surface area contributed by atoms with E-state index in [1.807, 2.05) is 0 Å². The van der Waals surface area contributed by atoms with Gasteiger partial charge in [-0.05, 0) is 55.9 Å². The average molecular weight is 310 g/mol. The molecular weight excluding hydrogens is 290 g/mol. The van der Waals surface area contributed by atoms with Crippen molar-refractivity contribution in [3.8, 4) is 5.75 Å². The minimum Gasteiger partial charge on any atom is -0.426 e. The maximum Gasteiger partial charge on any atom is 0.314 e. The van der Waals surface area contributed by atoms with Gasteiger partial charge in [-0.3, -0.25) is 9.79 Å². The van der Waals surface area contributed by atoms with Gasteiger partial charge in [-0.25, -0.2) is 0 Å². The van der Waals surface area contributed by atoms with Crippen LogP contribution in [0.15, 0.2) is 29.3 Å². The summed E-state index contributed by atoms with van der Waals surface area (Å²) < 4.78 is 5.38. The van der Waals surface area contributed by atoms with Crippen LogP contribution in [0.4, 0.5) is 0 Å². The van der Waals surface area contributed by atoms with Crippen LogP contribution in [0, 0.1) is 11.8 Å². The normalized spacial score (nSPS) is 21.6. The standard InChI is InChI=1S/C15H20ClN3O2/c16-12-5-7-13(8-6-12)21-14(20)11-3-1-10(2-4-11)9-19-15(17)18/h5-8,10-11H,1-4,9H2,(H4,17,18,19). The first-order chi connectivity index (χ1) is 10.0. The lowest BCUT2D eigenvalue weighted by atomic mass is 9.82. The van der Waals surface area contributed by atoms with Crippen LogP contribution in [0.25, 0.3) is 0 Å². The van der Waals surface area contributed by atoms with Crippen LogP contribution < -0.4 is 16.2 Å². The molecule has 0 saturated heterocycles. The van der Waals surface area contributed by atoms with E-state index in [0.29, 0.717) is 23.2 Å². The van der Waals surface area contributed by atoms with Crippen molar-refractivity contribution in [2.24, 2.45) is 28.3 Å². The van der Waals surface area contributed by atoms with Gasteiger partial charge in [0.25, 0.3) is 0 Å². The van der Waals surface area contributed by atoms with Crippen LogP contribution in [0.5, 0.6) is 5.75 Å². The van der Waals surface area contributed by atoms with Gasteiger partial charge in [0.1, 0.15) is 5.75 Å². The maximum absolute atomic E-state index is 12.1. The predicted molar refractivity (Wildman–Crippen MR) is 83.2 cm³/mol. The van der Waals surface area contributed by atoms with Crippen LogP contribution in [-0.2, 0) is 4.79 Å². The summed E-state index contributed by atoms with van der Waals surface area (Å²) in [5.74, 6) is 0.895. The van der Waals surface area contributed by atoms with Crippen molar-refractivity contribution in [1.82, 2.24) is 0 Å². The van der Waals surface area contributed by atoms with Gasteiger partial charge >= 0.3 is 5.97 Å². The molecule has 21 heavy (non-hydrogen) atoms. The van der Waals surface area contributed by atoms with E-state index in [1.165, 1.54) is 0 Å². The average Bonchev–Trinajstić information content (AvgIpc) is 2.48. The molecule has 0 aliphatic heterocycles. The number of aliphatic imine (C=N–C) groups is 1. The number of hydrogen-bond acceptors (Lipinski definition) is 3. The summed E-state index contributed by atoms with van der Waals surface area (Å²) in [6, 6.07) is 6.81. The number of rotatable bonds is 4. The van der Waals surface area contributed by atoms with Crippen molar-refractivity contribution in [2.45, 2.75) is 25.7 Å². The maximum atomic E-state index is 12.1. The summed E-state index contributed by atoms with van der Waals surface area (Å²) in [6.45, 7) is 0.640. The summed E-state index contributed by atoms with van der Waals surface area (Å²) >= 11 is 5.80. The molecule has 1 saturated carbocycles. The zero-order chi connectivity index (χ0) is 15.2. The molecule has 2 rings (SSSR count). The quantitative estimate of drug-likeness (QED) is 0.386. The minimum absolute atomic E-state index is 0.0452. The molecule has 0 atom stereocenters.